The monoisotopic (exact) mass is 320 g/mol. The summed E-state index contributed by atoms with van der Waals surface area (Å²) in [7, 11) is 1.78. The summed E-state index contributed by atoms with van der Waals surface area (Å²) in [4.78, 5) is 13.2. The Morgan fingerprint density at radius 2 is 2.19 bits per heavy atom. The zero-order chi connectivity index (χ0) is 15.4. The molecule has 0 bridgehead atoms. The molecular weight excluding hydrogens is 304 g/mol. The van der Waals surface area contributed by atoms with Crippen LogP contribution in [0.2, 0.25) is 5.02 Å². The van der Waals surface area contributed by atoms with Crippen molar-refractivity contribution < 1.29 is 4.79 Å². The quantitative estimate of drug-likeness (QED) is 0.463. The molecule has 1 aromatic heterocycles. The Labute approximate surface area is 134 Å². The Hall–Kier alpha value is -1.52. The number of hydrogen-bond acceptors (Lipinski definition) is 3. The predicted molar refractivity (Wildman–Crippen MR) is 89.0 cm³/mol. The van der Waals surface area contributed by atoms with Crippen molar-refractivity contribution in [3.05, 3.63) is 52.8 Å². The Kier molecular flexibility index (Phi) is 5.26. The molecule has 0 amide bonds. The van der Waals surface area contributed by atoms with Gasteiger partial charge in [-0.15, -0.1) is 11.8 Å². The normalized spacial score (nSPS) is 11.5. The number of ketones is 1. The van der Waals surface area contributed by atoms with E-state index in [0.717, 1.165) is 10.5 Å². The second-order valence-corrected chi connectivity index (χ2v) is 6.94. The van der Waals surface area contributed by atoms with E-state index in [4.69, 9.17) is 11.6 Å². The van der Waals surface area contributed by atoms with Crippen molar-refractivity contribution in [1.29, 1.82) is 0 Å². The van der Waals surface area contributed by atoms with Crippen LogP contribution in [0.4, 0.5) is 0 Å². The summed E-state index contributed by atoms with van der Waals surface area (Å²) < 4.78 is 1.61. The van der Waals surface area contributed by atoms with E-state index >= 15 is 0 Å². The summed E-state index contributed by atoms with van der Waals surface area (Å²) in [6.07, 6.45) is 6.58. The molecule has 2 aromatic rings. The molecule has 5 heteroatoms. The van der Waals surface area contributed by atoms with Gasteiger partial charge in [-0.2, -0.15) is 5.10 Å². The lowest BCUT2D eigenvalue weighted by Gasteiger charge is -2.09. The standard InChI is InChI=1S/C16H17ClN2OS/c1-11(2)21-16-6-4-5-14(17)13(16)7-8-15(20)12-9-18-19(3)10-12/h4-11H,1-3H3. The SMILES string of the molecule is CC(C)Sc1cccc(Cl)c1C=CC(=O)c1cnn(C)c1. The Bertz CT molecular complexity index is 677. The fourth-order valence-corrected chi connectivity index (χ4v) is 3.10. The van der Waals surface area contributed by atoms with E-state index in [1.165, 1.54) is 0 Å². The molecule has 0 N–H and O–H groups in total. The van der Waals surface area contributed by atoms with Gasteiger partial charge in [0.1, 0.15) is 0 Å². The first kappa shape index (κ1) is 15.9. The number of carbonyl (C=O) groups excluding carboxylic acids is 1. The highest BCUT2D eigenvalue weighted by molar-refractivity contribution is 8.00. The Morgan fingerprint density at radius 1 is 1.43 bits per heavy atom. The highest BCUT2D eigenvalue weighted by Gasteiger charge is 2.08. The number of hydrogen-bond donors (Lipinski definition) is 0. The molecule has 1 heterocycles. The van der Waals surface area contributed by atoms with Gasteiger partial charge >= 0.3 is 0 Å². The molecule has 0 aliphatic rings. The molecule has 3 nitrogen and oxygen atoms in total. The smallest absolute Gasteiger partial charge is 0.189 e. The molecule has 110 valence electrons. The van der Waals surface area contributed by atoms with E-state index < -0.39 is 0 Å². The average molecular weight is 321 g/mol. The molecule has 0 spiro atoms. The van der Waals surface area contributed by atoms with Crippen LogP contribution in [-0.4, -0.2) is 20.8 Å². The minimum atomic E-state index is -0.0801. The molecule has 21 heavy (non-hydrogen) atoms. The molecule has 0 saturated carbocycles. The molecule has 0 radical (unpaired) electrons. The van der Waals surface area contributed by atoms with Crippen LogP contribution in [0.15, 0.2) is 41.6 Å². The number of rotatable bonds is 5. The third-order valence-electron chi connectivity index (χ3n) is 2.77. The van der Waals surface area contributed by atoms with Crippen LogP contribution >= 0.6 is 23.4 Å². The van der Waals surface area contributed by atoms with Crippen molar-refractivity contribution in [3.8, 4) is 0 Å². The third-order valence-corrected chi connectivity index (χ3v) is 4.18. The van der Waals surface area contributed by atoms with Gasteiger partial charge in [-0.3, -0.25) is 9.48 Å². The van der Waals surface area contributed by atoms with Gasteiger partial charge in [0.15, 0.2) is 5.78 Å². The second kappa shape index (κ2) is 6.96. The highest BCUT2D eigenvalue weighted by atomic mass is 35.5. The molecule has 0 saturated heterocycles. The fourth-order valence-electron chi connectivity index (χ4n) is 1.84. The van der Waals surface area contributed by atoms with Crippen LogP contribution in [0.3, 0.4) is 0 Å². The van der Waals surface area contributed by atoms with Crippen LogP contribution in [0, 0.1) is 0 Å². The van der Waals surface area contributed by atoms with E-state index in [0.29, 0.717) is 15.8 Å². The first-order chi connectivity index (χ1) is 9.97. The second-order valence-electron chi connectivity index (χ2n) is 4.92. The number of thioether (sulfide) groups is 1. The van der Waals surface area contributed by atoms with Crippen LogP contribution in [0.25, 0.3) is 6.08 Å². The minimum absolute atomic E-state index is 0.0801. The van der Waals surface area contributed by atoms with Gasteiger partial charge in [0.25, 0.3) is 0 Å². The molecule has 1 aromatic carbocycles. The topological polar surface area (TPSA) is 34.9 Å². The molecule has 0 aliphatic heterocycles. The molecule has 0 atom stereocenters. The first-order valence-electron chi connectivity index (χ1n) is 6.63. The summed E-state index contributed by atoms with van der Waals surface area (Å²) in [5.74, 6) is -0.0801. The number of aryl methyl sites for hydroxylation is 1. The van der Waals surface area contributed by atoms with Gasteiger partial charge in [0.05, 0.1) is 11.8 Å². The fraction of sp³-hybridized carbons (Fsp3) is 0.250. The number of nitrogens with zero attached hydrogens (tertiary/aromatic N) is 2. The molecule has 0 unspecified atom stereocenters. The number of aromatic nitrogens is 2. The van der Waals surface area contributed by atoms with Gasteiger partial charge < -0.3 is 0 Å². The molecule has 0 fully saturated rings. The van der Waals surface area contributed by atoms with Crippen molar-refractivity contribution in [3.63, 3.8) is 0 Å². The maximum Gasteiger partial charge on any atom is 0.189 e. The molecule has 2 rings (SSSR count). The summed E-state index contributed by atoms with van der Waals surface area (Å²) in [6, 6.07) is 5.78. The van der Waals surface area contributed by atoms with Crippen LogP contribution in [0.5, 0.6) is 0 Å². The van der Waals surface area contributed by atoms with Crippen LogP contribution in [-0.2, 0) is 7.05 Å². The summed E-state index contributed by atoms with van der Waals surface area (Å²) in [5.41, 5.74) is 1.45. The minimum Gasteiger partial charge on any atom is -0.289 e. The Balaban J connectivity index is 2.26. The van der Waals surface area contributed by atoms with E-state index in [1.807, 2.05) is 18.2 Å². The van der Waals surface area contributed by atoms with Crippen LogP contribution < -0.4 is 0 Å². The lowest BCUT2D eigenvalue weighted by atomic mass is 10.1. The van der Waals surface area contributed by atoms with Crippen molar-refractivity contribution in [2.24, 2.45) is 7.05 Å². The maximum absolute atomic E-state index is 12.1. The van der Waals surface area contributed by atoms with Gasteiger partial charge in [-0.05, 0) is 24.3 Å². The lowest BCUT2D eigenvalue weighted by molar-refractivity contribution is 0.104. The average Bonchev–Trinajstić information content (AvgIpc) is 2.84. The van der Waals surface area contributed by atoms with E-state index in [-0.39, 0.29) is 5.78 Å². The maximum atomic E-state index is 12.1. The number of carbonyl (C=O) groups is 1. The van der Waals surface area contributed by atoms with Gasteiger partial charge in [0.2, 0.25) is 0 Å². The van der Waals surface area contributed by atoms with E-state index in [1.54, 1.807) is 48.0 Å². The molecular formula is C16H17ClN2OS. The van der Waals surface area contributed by atoms with E-state index in [2.05, 4.69) is 18.9 Å². The highest BCUT2D eigenvalue weighted by Crippen LogP contribution is 2.32. The van der Waals surface area contributed by atoms with E-state index in [9.17, 15) is 4.79 Å². The van der Waals surface area contributed by atoms with Crippen molar-refractivity contribution in [1.82, 2.24) is 9.78 Å². The summed E-state index contributed by atoms with van der Waals surface area (Å²) in [5, 5.41) is 5.10. The number of halogens is 1. The van der Waals surface area contributed by atoms with Gasteiger partial charge in [-0.1, -0.05) is 31.5 Å². The van der Waals surface area contributed by atoms with Gasteiger partial charge in [0, 0.05) is 34.0 Å². The van der Waals surface area contributed by atoms with Crippen molar-refractivity contribution in [2.45, 2.75) is 24.0 Å². The Morgan fingerprint density at radius 3 is 2.81 bits per heavy atom. The predicted octanol–water partition coefficient (Wildman–Crippen LogP) is 4.47. The van der Waals surface area contributed by atoms with Crippen LogP contribution in [0.1, 0.15) is 29.8 Å². The van der Waals surface area contributed by atoms with Crippen molar-refractivity contribution >= 4 is 35.2 Å². The summed E-state index contributed by atoms with van der Waals surface area (Å²) >= 11 is 7.98. The number of allylic oxidation sites excluding steroid dienone is 1. The first-order valence-corrected chi connectivity index (χ1v) is 7.89. The third kappa shape index (κ3) is 4.22. The number of benzene rings is 1. The summed E-state index contributed by atoms with van der Waals surface area (Å²) in [6.45, 7) is 4.25. The van der Waals surface area contributed by atoms with Gasteiger partial charge in [-0.25, -0.2) is 0 Å². The van der Waals surface area contributed by atoms with Crippen molar-refractivity contribution in [2.75, 3.05) is 0 Å². The lowest BCUT2D eigenvalue weighted by Crippen LogP contribution is -1.93. The zero-order valence-electron chi connectivity index (χ0n) is 12.2. The largest absolute Gasteiger partial charge is 0.289 e. The molecule has 0 aliphatic carbocycles. The zero-order valence-corrected chi connectivity index (χ0v) is 13.8.